The van der Waals surface area contributed by atoms with Crippen LogP contribution in [0.2, 0.25) is 0 Å². The first-order valence-electron chi connectivity index (χ1n) is 8.00. The van der Waals surface area contributed by atoms with Crippen molar-refractivity contribution < 1.29 is 9.53 Å². The van der Waals surface area contributed by atoms with E-state index in [1.54, 1.807) is 18.9 Å². The highest BCUT2D eigenvalue weighted by atomic mass is 79.9. The summed E-state index contributed by atoms with van der Waals surface area (Å²) in [6, 6.07) is 13.8. The fourth-order valence-electron chi connectivity index (χ4n) is 3.17. The number of halogens is 1. The van der Waals surface area contributed by atoms with Gasteiger partial charge in [-0.25, -0.2) is 0 Å². The van der Waals surface area contributed by atoms with Gasteiger partial charge in [0.25, 0.3) is 5.91 Å². The number of aromatic nitrogens is 1. The van der Waals surface area contributed by atoms with E-state index < -0.39 is 0 Å². The molecule has 2 aromatic heterocycles. The monoisotopic (exact) mass is 416 g/mol. The number of carbonyl (C=O) groups excluding carboxylic acids is 1. The summed E-state index contributed by atoms with van der Waals surface area (Å²) in [4.78, 5) is 15.1. The Morgan fingerprint density at radius 1 is 1.28 bits per heavy atom. The minimum atomic E-state index is -0.0389. The Morgan fingerprint density at radius 2 is 2.16 bits per heavy atom. The molecule has 1 aliphatic heterocycles. The van der Waals surface area contributed by atoms with Crippen LogP contribution >= 0.6 is 27.7 Å². The molecule has 25 heavy (non-hydrogen) atoms. The second kappa shape index (κ2) is 6.77. The van der Waals surface area contributed by atoms with Crippen molar-refractivity contribution in [1.29, 1.82) is 0 Å². The molecule has 1 saturated heterocycles. The van der Waals surface area contributed by atoms with Crippen LogP contribution in [0.5, 0.6) is 5.75 Å². The minimum absolute atomic E-state index is 0.0389. The van der Waals surface area contributed by atoms with E-state index >= 15 is 0 Å². The number of pyridine rings is 1. The number of benzene rings is 1. The van der Waals surface area contributed by atoms with E-state index in [2.05, 4.69) is 15.9 Å². The molecule has 128 valence electrons. The quantitative estimate of drug-likeness (QED) is 0.625. The summed E-state index contributed by atoms with van der Waals surface area (Å²) in [5.74, 6) is 1.78. The molecule has 3 heterocycles. The lowest BCUT2D eigenvalue weighted by Crippen LogP contribution is -2.30. The summed E-state index contributed by atoms with van der Waals surface area (Å²) in [6.45, 7) is 0.732. The first-order valence-corrected chi connectivity index (χ1v) is 9.84. The van der Waals surface area contributed by atoms with Gasteiger partial charge in [-0.2, -0.15) is 0 Å². The number of rotatable bonds is 3. The highest BCUT2D eigenvalue weighted by Crippen LogP contribution is 2.43. The number of thioether (sulfide) groups is 1. The third-order valence-electron chi connectivity index (χ3n) is 4.36. The molecule has 0 N–H and O–H groups in total. The van der Waals surface area contributed by atoms with E-state index in [1.807, 2.05) is 64.2 Å². The summed E-state index contributed by atoms with van der Waals surface area (Å²) in [5, 5.41) is -0.0389. The van der Waals surface area contributed by atoms with Gasteiger partial charge in [0, 0.05) is 40.2 Å². The smallest absolute Gasteiger partial charge is 0.256 e. The van der Waals surface area contributed by atoms with Crippen LogP contribution in [0.3, 0.4) is 0 Å². The number of fused-ring (bicyclic) bond motifs is 1. The average molecular weight is 417 g/mol. The molecule has 1 aliphatic rings. The SMILES string of the molecule is COc1ccc(Br)cc1C1SCCN1C(=O)c1cc2ccccn2c1. The Bertz CT molecular complexity index is 907. The third kappa shape index (κ3) is 3.04. The molecule has 1 aromatic carbocycles. The van der Waals surface area contributed by atoms with E-state index in [-0.39, 0.29) is 11.3 Å². The van der Waals surface area contributed by atoms with Crippen molar-refractivity contribution in [2.45, 2.75) is 5.37 Å². The molecule has 4 nitrogen and oxygen atoms in total. The predicted molar refractivity (Wildman–Crippen MR) is 104 cm³/mol. The van der Waals surface area contributed by atoms with Crippen LogP contribution in [0.15, 0.2) is 59.3 Å². The molecule has 1 amide bonds. The molecule has 0 bridgehead atoms. The Balaban J connectivity index is 1.69. The molecular formula is C19H17BrN2O2S. The maximum Gasteiger partial charge on any atom is 0.256 e. The zero-order valence-corrected chi connectivity index (χ0v) is 16.1. The third-order valence-corrected chi connectivity index (χ3v) is 6.10. The minimum Gasteiger partial charge on any atom is -0.496 e. The van der Waals surface area contributed by atoms with E-state index in [0.717, 1.165) is 33.6 Å². The zero-order chi connectivity index (χ0) is 17.4. The van der Waals surface area contributed by atoms with E-state index in [9.17, 15) is 4.79 Å². The van der Waals surface area contributed by atoms with Crippen LogP contribution in [0.1, 0.15) is 21.3 Å². The van der Waals surface area contributed by atoms with Gasteiger partial charge in [-0.15, -0.1) is 11.8 Å². The van der Waals surface area contributed by atoms with Crippen molar-refractivity contribution in [2.24, 2.45) is 0 Å². The number of ether oxygens (including phenoxy) is 1. The predicted octanol–water partition coefficient (Wildman–Crippen LogP) is 4.60. The molecule has 1 atom stereocenters. The number of carbonyl (C=O) groups is 1. The molecule has 0 radical (unpaired) electrons. The average Bonchev–Trinajstić information content (AvgIpc) is 3.27. The Kier molecular flexibility index (Phi) is 4.48. The molecule has 0 spiro atoms. The van der Waals surface area contributed by atoms with Crippen LogP contribution in [-0.4, -0.2) is 34.6 Å². The summed E-state index contributed by atoms with van der Waals surface area (Å²) < 4.78 is 8.48. The summed E-state index contributed by atoms with van der Waals surface area (Å²) in [6.07, 6.45) is 3.86. The van der Waals surface area contributed by atoms with Crippen LogP contribution < -0.4 is 4.74 Å². The molecule has 0 saturated carbocycles. The fourth-order valence-corrected chi connectivity index (χ4v) is 4.82. The van der Waals surface area contributed by atoms with Gasteiger partial charge in [0.2, 0.25) is 0 Å². The van der Waals surface area contributed by atoms with Crippen molar-refractivity contribution >= 4 is 39.1 Å². The van der Waals surface area contributed by atoms with Crippen LogP contribution in [0.4, 0.5) is 0 Å². The molecule has 3 aromatic rings. The lowest BCUT2D eigenvalue weighted by Gasteiger charge is -2.25. The van der Waals surface area contributed by atoms with Gasteiger partial charge in [0.1, 0.15) is 11.1 Å². The van der Waals surface area contributed by atoms with Crippen molar-refractivity contribution in [3.8, 4) is 5.75 Å². The molecule has 4 rings (SSSR count). The number of methoxy groups -OCH3 is 1. The highest BCUT2D eigenvalue weighted by molar-refractivity contribution is 9.10. The van der Waals surface area contributed by atoms with Crippen LogP contribution in [0.25, 0.3) is 5.52 Å². The van der Waals surface area contributed by atoms with Gasteiger partial charge in [0.15, 0.2) is 0 Å². The summed E-state index contributed by atoms with van der Waals surface area (Å²) in [5.41, 5.74) is 2.76. The second-order valence-corrected chi connectivity index (χ2v) is 7.97. The molecule has 1 fully saturated rings. The zero-order valence-electron chi connectivity index (χ0n) is 13.7. The highest BCUT2D eigenvalue weighted by Gasteiger charge is 2.33. The molecule has 0 aliphatic carbocycles. The van der Waals surface area contributed by atoms with Gasteiger partial charge >= 0.3 is 0 Å². The van der Waals surface area contributed by atoms with Gasteiger partial charge in [-0.3, -0.25) is 4.79 Å². The van der Waals surface area contributed by atoms with Crippen LogP contribution in [-0.2, 0) is 0 Å². The van der Waals surface area contributed by atoms with Crippen molar-refractivity contribution in [3.05, 3.63) is 70.5 Å². The Morgan fingerprint density at radius 3 is 2.96 bits per heavy atom. The van der Waals surface area contributed by atoms with Crippen molar-refractivity contribution in [1.82, 2.24) is 9.30 Å². The fraction of sp³-hybridized carbons (Fsp3) is 0.211. The maximum absolute atomic E-state index is 13.1. The number of hydrogen-bond donors (Lipinski definition) is 0. The summed E-state index contributed by atoms with van der Waals surface area (Å²) in [7, 11) is 1.67. The number of hydrogen-bond acceptors (Lipinski definition) is 3. The first kappa shape index (κ1) is 16.5. The van der Waals surface area contributed by atoms with Crippen LogP contribution in [0, 0.1) is 0 Å². The molecular weight excluding hydrogens is 400 g/mol. The lowest BCUT2D eigenvalue weighted by molar-refractivity contribution is 0.0759. The van der Waals surface area contributed by atoms with Gasteiger partial charge < -0.3 is 14.0 Å². The van der Waals surface area contributed by atoms with Gasteiger partial charge in [-0.05, 0) is 36.4 Å². The van der Waals surface area contributed by atoms with Crippen molar-refractivity contribution in [2.75, 3.05) is 19.4 Å². The van der Waals surface area contributed by atoms with Crippen molar-refractivity contribution in [3.63, 3.8) is 0 Å². The summed E-state index contributed by atoms with van der Waals surface area (Å²) >= 11 is 5.30. The Hall–Kier alpha value is -1.92. The normalized spacial score (nSPS) is 17.2. The molecule has 6 heteroatoms. The molecule has 1 unspecified atom stereocenters. The van der Waals surface area contributed by atoms with Gasteiger partial charge in [-0.1, -0.05) is 22.0 Å². The van der Waals surface area contributed by atoms with E-state index in [1.165, 1.54) is 0 Å². The Labute approximate surface area is 158 Å². The largest absolute Gasteiger partial charge is 0.496 e. The number of nitrogens with zero attached hydrogens (tertiary/aromatic N) is 2. The maximum atomic E-state index is 13.1. The first-order chi connectivity index (χ1) is 12.2. The number of amides is 1. The second-order valence-electron chi connectivity index (χ2n) is 5.87. The lowest BCUT2D eigenvalue weighted by atomic mass is 10.1. The standard InChI is InChI=1S/C19H17BrN2O2S/c1-24-17-6-5-14(20)11-16(17)19-22(8-9-25-19)18(23)13-10-15-4-2-3-7-21(15)12-13/h2-7,10-12,19H,8-9H2,1H3. The topological polar surface area (TPSA) is 34.0 Å². The van der Waals surface area contributed by atoms with E-state index in [4.69, 9.17) is 4.74 Å². The van der Waals surface area contributed by atoms with E-state index in [0.29, 0.717) is 5.56 Å². The van der Waals surface area contributed by atoms with Gasteiger partial charge in [0.05, 0.1) is 12.7 Å².